The minimum absolute atomic E-state index is 0.0585. The number of esters is 1. The SMILES string of the molecule is C/C(=C\C(C)C(C)O)C1O[C@@H]2C=CC1OC(=O)\C=C/C=C\C=C\[C@H]1OC3C[C@@H]1O[C@@H](/C=C/CC1O[C@H](C[C@@H](O)C1C)C(O)C(O)/C=C/CC/C=C/C2)C3C. The maximum absolute atomic E-state index is 12.9. The third kappa shape index (κ3) is 11.6. The van der Waals surface area contributed by atoms with Crippen LogP contribution >= 0.6 is 0 Å². The molecule has 4 N–H and O–H groups in total. The number of allylic oxidation sites excluding steroid dienone is 6. The lowest BCUT2D eigenvalue weighted by atomic mass is 9.85. The molecular formula is C44H62O10. The molecule has 16 atom stereocenters. The van der Waals surface area contributed by atoms with Gasteiger partial charge in [-0.3, -0.25) is 0 Å². The number of aliphatic hydroxyl groups is 4. The summed E-state index contributed by atoms with van der Waals surface area (Å²) in [7, 11) is 0. The molecule has 0 radical (unpaired) electrons. The van der Waals surface area contributed by atoms with Gasteiger partial charge in [-0.2, -0.15) is 0 Å². The molecule has 0 spiro atoms. The van der Waals surface area contributed by atoms with Crippen LogP contribution < -0.4 is 0 Å². The van der Waals surface area contributed by atoms with Gasteiger partial charge in [0, 0.05) is 36.7 Å². The van der Waals surface area contributed by atoms with Crippen LogP contribution in [0.25, 0.3) is 0 Å². The Hall–Kier alpha value is -2.93. The van der Waals surface area contributed by atoms with Gasteiger partial charge in [0.1, 0.15) is 24.4 Å². The van der Waals surface area contributed by atoms with E-state index in [4.69, 9.17) is 23.7 Å². The van der Waals surface area contributed by atoms with Crippen molar-refractivity contribution in [2.75, 3.05) is 0 Å². The molecule has 6 aliphatic heterocycles. The van der Waals surface area contributed by atoms with Crippen LogP contribution in [0.2, 0.25) is 0 Å². The summed E-state index contributed by atoms with van der Waals surface area (Å²) in [5.74, 6) is -0.583. The quantitative estimate of drug-likeness (QED) is 0.215. The second-order valence-corrected chi connectivity index (χ2v) is 15.6. The van der Waals surface area contributed by atoms with E-state index in [1.807, 2.05) is 81.5 Å². The van der Waals surface area contributed by atoms with Crippen molar-refractivity contribution in [3.8, 4) is 0 Å². The molecular weight excluding hydrogens is 688 g/mol. The van der Waals surface area contributed by atoms with Crippen molar-refractivity contribution in [3.05, 3.63) is 96.7 Å². The largest absolute Gasteiger partial charge is 0.452 e. The zero-order valence-corrected chi connectivity index (χ0v) is 32.4. The normalized spacial score (nSPS) is 44.6. The fourth-order valence-corrected chi connectivity index (χ4v) is 7.66. The maximum Gasteiger partial charge on any atom is 0.331 e. The topological polar surface area (TPSA) is 144 Å². The van der Waals surface area contributed by atoms with E-state index in [0.29, 0.717) is 19.3 Å². The van der Waals surface area contributed by atoms with Crippen molar-refractivity contribution in [2.45, 2.75) is 152 Å². The smallest absolute Gasteiger partial charge is 0.331 e. The molecule has 0 aliphatic carbocycles. The fourth-order valence-electron chi connectivity index (χ4n) is 7.66. The second kappa shape index (κ2) is 20.3. The number of ether oxygens (including phenoxy) is 5. The Kier molecular flexibility index (Phi) is 15.9. The van der Waals surface area contributed by atoms with E-state index in [0.717, 1.165) is 18.4 Å². The van der Waals surface area contributed by atoms with Gasteiger partial charge in [-0.25, -0.2) is 4.79 Å². The monoisotopic (exact) mass is 750 g/mol. The molecule has 10 heteroatoms. The number of aliphatic hydroxyl groups excluding tert-OH is 4. The Morgan fingerprint density at radius 3 is 2.28 bits per heavy atom. The van der Waals surface area contributed by atoms with Crippen molar-refractivity contribution >= 4 is 5.97 Å². The molecule has 0 saturated carbocycles. The summed E-state index contributed by atoms with van der Waals surface area (Å²) in [4.78, 5) is 12.9. The summed E-state index contributed by atoms with van der Waals surface area (Å²) < 4.78 is 31.4. The number of carbonyl (C=O) groups excluding carboxylic acids is 1. The highest BCUT2D eigenvalue weighted by Gasteiger charge is 2.45. The van der Waals surface area contributed by atoms with E-state index in [1.54, 1.807) is 25.2 Å². The summed E-state index contributed by atoms with van der Waals surface area (Å²) in [6.07, 6.45) is 25.2. The highest BCUT2D eigenvalue weighted by atomic mass is 16.6. The van der Waals surface area contributed by atoms with Gasteiger partial charge < -0.3 is 44.1 Å². The molecule has 6 heterocycles. The summed E-state index contributed by atoms with van der Waals surface area (Å²) in [5.41, 5.74) is 0.874. The van der Waals surface area contributed by atoms with Crippen molar-refractivity contribution in [2.24, 2.45) is 17.8 Å². The van der Waals surface area contributed by atoms with E-state index >= 15 is 0 Å². The molecule has 6 aliphatic rings. The lowest BCUT2D eigenvalue weighted by Crippen LogP contribution is -2.50. The van der Waals surface area contributed by atoms with Crippen LogP contribution in [0, 0.1) is 17.8 Å². The van der Waals surface area contributed by atoms with Crippen LogP contribution in [0.15, 0.2) is 96.7 Å². The van der Waals surface area contributed by atoms with Crippen LogP contribution in [-0.4, -0.2) is 106 Å². The van der Waals surface area contributed by atoms with Gasteiger partial charge in [0.05, 0.1) is 48.8 Å². The Bertz CT molecular complexity index is 1460. The van der Waals surface area contributed by atoms with Crippen LogP contribution in [0.4, 0.5) is 0 Å². The zero-order chi connectivity index (χ0) is 38.8. The molecule has 0 aromatic carbocycles. The lowest BCUT2D eigenvalue weighted by molar-refractivity contribution is -0.175. The molecule has 3 saturated heterocycles. The summed E-state index contributed by atoms with van der Waals surface area (Å²) in [6, 6.07) is 0. The van der Waals surface area contributed by atoms with Crippen LogP contribution in [0.5, 0.6) is 0 Å². The van der Waals surface area contributed by atoms with Gasteiger partial charge in [-0.05, 0) is 51.2 Å². The summed E-state index contributed by atoms with van der Waals surface area (Å²) >= 11 is 0. The van der Waals surface area contributed by atoms with E-state index in [2.05, 4.69) is 13.0 Å². The van der Waals surface area contributed by atoms with Gasteiger partial charge in [0.15, 0.2) is 6.10 Å². The average molecular weight is 751 g/mol. The molecule has 298 valence electrons. The van der Waals surface area contributed by atoms with Gasteiger partial charge in [-0.15, -0.1) is 0 Å². The van der Waals surface area contributed by atoms with Crippen LogP contribution in [-0.2, 0) is 28.5 Å². The highest BCUT2D eigenvalue weighted by molar-refractivity contribution is 5.82. The summed E-state index contributed by atoms with van der Waals surface area (Å²) in [6.45, 7) is 9.68. The predicted octanol–water partition coefficient (Wildman–Crippen LogP) is 5.53. The number of hydrogen-bond donors (Lipinski definition) is 4. The molecule has 10 nitrogen and oxygen atoms in total. The first-order valence-corrected chi connectivity index (χ1v) is 19.8. The average Bonchev–Trinajstić information content (AvgIpc) is 3.49. The third-order valence-corrected chi connectivity index (χ3v) is 11.4. The molecule has 6 rings (SSSR count). The Labute approximate surface area is 321 Å². The third-order valence-electron chi connectivity index (χ3n) is 11.4. The first-order valence-electron chi connectivity index (χ1n) is 19.8. The Morgan fingerprint density at radius 2 is 1.48 bits per heavy atom. The summed E-state index contributed by atoms with van der Waals surface area (Å²) in [5, 5.41) is 42.8. The van der Waals surface area contributed by atoms with E-state index < -0.39 is 48.7 Å². The van der Waals surface area contributed by atoms with Crippen LogP contribution in [0.1, 0.15) is 73.1 Å². The lowest BCUT2D eigenvalue weighted by Gasteiger charge is -2.40. The second-order valence-electron chi connectivity index (χ2n) is 15.6. The number of hydrogen-bond acceptors (Lipinski definition) is 10. The first-order chi connectivity index (χ1) is 25.9. The van der Waals surface area contributed by atoms with Gasteiger partial charge in [0.2, 0.25) is 0 Å². The molecule has 10 unspecified atom stereocenters. The molecule has 54 heavy (non-hydrogen) atoms. The fraction of sp³-hybridized carbons (Fsp3) is 0.614. The van der Waals surface area contributed by atoms with E-state index in [9.17, 15) is 25.2 Å². The van der Waals surface area contributed by atoms with E-state index in [1.165, 1.54) is 6.08 Å². The van der Waals surface area contributed by atoms with Gasteiger partial charge >= 0.3 is 5.97 Å². The van der Waals surface area contributed by atoms with Crippen LogP contribution in [0.3, 0.4) is 0 Å². The standard InChI is InChI=1S/C44H62O10/c1-27(31(5)45)24-28(2)44-38-23-22-32(50-44)16-11-7-6-8-12-17-33(46)43(49)41-25-34(47)29(3)35(52-41)19-15-20-36-30(4)39-26-40(51-36)37(53-39)18-13-9-10-14-21-42(48)54-38/h7,9-15,17-18,20-24,27,29-41,43-47,49H,6,8,16,19,25-26H2,1-5H3/b10-9-,11-7+,17-12+,18-13+,20-15+,21-14-,28-24+/t27?,29?,30?,31?,32-,33?,34+,35?,36-,37+,38?,39?,40-,41+,43?,44?/m0/s1. The zero-order valence-electron chi connectivity index (χ0n) is 32.4. The Morgan fingerprint density at radius 1 is 0.722 bits per heavy atom. The van der Waals surface area contributed by atoms with Crippen molar-refractivity contribution in [1.29, 1.82) is 0 Å². The molecule has 7 bridgehead atoms. The molecule has 0 amide bonds. The van der Waals surface area contributed by atoms with Crippen molar-refractivity contribution in [1.82, 2.24) is 0 Å². The number of carbonyl (C=O) groups is 1. The highest BCUT2D eigenvalue weighted by Crippen LogP contribution is 2.38. The molecule has 3 fully saturated rings. The van der Waals surface area contributed by atoms with E-state index in [-0.39, 0.29) is 60.8 Å². The molecule has 0 aromatic heterocycles. The molecule has 0 aromatic rings. The minimum atomic E-state index is -1.17. The number of fused-ring (bicyclic) bond motifs is 13. The number of rotatable bonds is 3. The minimum Gasteiger partial charge on any atom is -0.452 e. The van der Waals surface area contributed by atoms with Gasteiger partial charge in [0.25, 0.3) is 0 Å². The van der Waals surface area contributed by atoms with Gasteiger partial charge in [-0.1, -0.05) is 99.8 Å². The Balaban J connectivity index is 1.31. The maximum atomic E-state index is 12.9. The van der Waals surface area contributed by atoms with Crippen molar-refractivity contribution in [3.63, 3.8) is 0 Å². The predicted molar refractivity (Wildman–Crippen MR) is 207 cm³/mol. The first kappa shape index (κ1) is 42.2. The van der Waals surface area contributed by atoms with Crippen molar-refractivity contribution < 1.29 is 48.9 Å².